The second-order valence-electron chi connectivity index (χ2n) is 25.6. The van der Waals surface area contributed by atoms with E-state index < -0.39 is 33.9 Å². The molecule has 0 spiro atoms. The SMILES string of the molecule is CC(CO)N[C@H]1CC[C@H](CNc2nc(NCc3ccccc3OC(F)(F)F)ncc2[N+](=O)[O-])CC1.C[C@@H](CO)N[C@H]1CC[C@H](CNc2nc(NCc3ccccc3OC(F)(F)F)ncc2[N+](=O)[O-])CC1.NCCCN[C@H]1CC[C@H](Cc2nc(NCc3ccccc3OC(F)(F)F)nc(N)c2[N+](=O)[O-])CC1. The molecule has 9 rings (SSSR count). The largest absolute Gasteiger partial charge is 0.573 e. The van der Waals surface area contributed by atoms with Crippen LogP contribution in [0.15, 0.2) is 85.2 Å². The molecule has 14 N–H and O–H groups in total. The van der Waals surface area contributed by atoms with Crippen molar-refractivity contribution in [3.05, 3.63) is 138 Å². The number of aliphatic hydroxyl groups is 2. The highest BCUT2D eigenvalue weighted by atomic mass is 19.4. The van der Waals surface area contributed by atoms with Crippen LogP contribution in [0, 0.1) is 48.1 Å². The number of ether oxygens (including phenoxy) is 3. The van der Waals surface area contributed by atoms with Gasteiger partial charge < -0.3 is 78.4 Å². The average Bonchev–Trinajstić information content (AvgIpc) is 0.830. The zero-order valence-electron chi connectivity index (χ0n) is 57.6. The van der Waals surface area contributed by atoms with E-state index in [0.717, 1.165) is 102 Å². The van der Waals surface area contributed by atoms with Crippen molar-refractivity contribution in [3.8, 4) is 17.2 Å². The summed E-state index contributed by atoms with van der Waals surface area (Å²) in [6, 6.07) is 18.1. The first kappa shape index (κ1) is 82.7. The van der Waals surface area contributed by atoms with Crippen molar-refractivity contribution in [2.24, 2.45) is 23.5 Å². The molecule has 1 unspecified atom stereocenters. The zero-order chi connectivity index (χ0) is 76.3. The minimum atomic E-state index is -4.84. The summed E-state index contributed by atoms with van der Waals surface area (Å²) in [6.45, 7) is 6.24. The second-order valence-corrected chi connectivity index (χ2v) is 25.6. The molecule has 576 valence electrons. The van der Waals surface area contributed by atoms with E-state index in [4.69, 9.17) is 11.5 Å². The molecule has 3 aliphatic carbocycles. The van der Waals surface area contributed by atoms with E-state index in [1.165, 1.54) is 54.6 Å². The third kappa shape index (κ3) is 28.4. The third-order valence-electron chi connectivity index (χ3n) is 17.5. The summed E-state index contributed by atoms with van der Waals surface area (Å²) in [5.74, 6) is -0.410. The van der Waals surface area contributed by atoms with Crippen molar-refractivity contribution in [2.75, 3.05) is 71.7 Å². The molecule has 3 saturated carbocycles. The lowest BCUT2D eigenvalue weighted by molar-refractivity contribution is -0.385. The van der Waals surface area contributed by atoms with Gasteiger partial charge in [-0.2, -0.15) is 15.0 Å². The Morgan fingerprint density at radius 3 is 1.25 bits per heavy atom. The van der Waals surface area contributed by atoms with Gasteiger partial charge in [-0.25, -0.2) is 15.0 Å². The van der Waals surface area contributed by atoms with Crippen molar-refractivity contribution < 1.29 is 78.7 Å². The summed E-state index contributed by atoms with van der Waals surface area (Å²) in [7, 11) is 0. The molecule has 30 nitrogen and oxygen atoms in total. The van der Waals surface area contributed by atoms with E-state index in [9.17, 15) is 80.1 Å². The number of benzene rings is 3. The normalized spacial score (nSPS) is 18.8. The summed E-state index contributed by atoms with van der Waals surface area (Å²) in [5, 5.41) is 77.6. The first-order chi connectivity index (χ1) is 49.9. The Morgan fingerprint density at radius 1 is 0.514 bits per heavy atom. The second kappa shape index (κ2) is 40.1. The van der Waals surface area contributed by atoms with Gasteiger partial charge in [0.15, 0.2) is 0 Å². The molecule has 3 aliphatic rings. The molecule has 0 radical (unpaired) electrons. The van der Waals surface area contributed by atoms with Gasteiger partial charge in [0.1, 0.15) is 35.3 Å². The number of nitrogens with one attached hydrogen (secondary N) is 8. The van der Waals surface area contributed by atoms with Gasteiger partial charge in [0.05, 0.1) is 28.0 Å². The molecule has 3 aromatic carbocycles. The Balaban J connectivity index is 0.000000220. The third-order valence-corrected chi connectivity index (χ3v) is 17.5. The van der Waals surface area contributed by atoms with Crippen LogP contribution in [0.2, 0.25) is 0 Å². The van der Waals surface area contributed by atoms with Crippen LogP contribution in [0.3, 0.4) is 0 Å². The summed E-state index contributed by atoms with van der Waals surface area (Å²) < 4.78 is 126. The number of nitrogens with two attached hydrogens (primary N) is 2. The lowest BCUT2D eigenvalue weighted by atomic mass is 9.83. The fourth-order valence-corrected chi connectivity index (χ4v) is 12.2. The lowest BCUT2D eigenvalue weighted by Gasteiger charge is -2.31. The quantitative estimate of drug-likeness (QED) is 0.00788. The van der Waals surface area contributed by atoms with Gasteiger partial charge in [-0.3, -0.25) is 30.3 Å². The summed E-state index contributed by atoms with van der Waals surface area (Å²) >= 11 is 0. The maximum absolute atomic E-state index is 12.7. The van der Waals surface area contributed by atoms with E-state index in [2.05, 4.69) is 86.6 Å². The van der Waals surface area contributed by atoms with E-state index in [0.29, 0.717) is 56.0 Å². The highest BCUT2D eigenvalue weighted by Gasteiger charge is 2.36. The number of nitrogens with zero attached hydrogens (tertiary/aromatic N) is 9. The predicted octanol–water partition coefficient (Wildman–Crippen LogP) is 11.2. The fourth-order valence-electron chi connectivity index (χ4n) is 12.2. The number of hydrogen-bond donors (Lipinski definition) is 12. The maximum atomic E-state index is 12.7. The number of aromatic nitrogens is 6. The van der Waals surface area contributed by atoms with Crippen molar-refractivity contribution in [1.29, 1.82) is 0 Å². The number of aliphatic hydroxyl groups excluding tert-OH is 2. The summed E-state index contributed by atoms with van der Waals surface area (Å²) in [6.07, 6.45) is -0.00295. The van der Waals surface area contributed by atoms with E-state index in [-0.39, 0.29) is 143 Å². The van der Waals surface area contributed by atoms with Crippen LogP contribution in [0.4, 0.5) is 91.9 Å². The Labute approximate surface area is 598 Å². The zero-order valence-corrected chi connectivity index (χ0v) is 57.6. The Bertz CT molecular complexity index is 3560. The van der Waals surface area contributed by atoms with Gasteiger partial charge in [-0.15, -0.1) is 39.5 Å². The van der Waals surface area contributed by atoms with Crippen LogP contribution in [0.5, 0.6) is 17.2 Å². The molecule has 6 aromatic rings. The Morgan fingerprint density at radius 2 is 0.886 bits per heavy atom. The molecular formula is C66H88F9N19O11. The first-order valence-corrected chi connectivity index (χ1v) is 34.2. The molecule has 0 aliphatic heterocycles. The Hall–Kier alpha value is -9.57. The number of anilines is 6. The van der Waals surface area contributed by atoms with Gasteiger partial charge in [-0.1, -0.05) is 54.6 Å². The van der Waals surface area contributed by atoms with Crippen molar-refractivity contribution in [3.63, 3.8) is 0 Å². The molecule has 105 heavy (non-hydrogen) atoms. The van der Waals surface area contributed by atoms with Crippen LogP contribution in [-0.2, 0) is 26.1 Å². The fraction of sp³-hybridized carbons (Fsp3) is 0.545. The molecule has 3 fully saturated rings. The predicted molar refractivity (Wildman–Crippen MR) is 371 cm³/mol. The number of para-hydroxylation sites is 3. The number of hydrogen-bond acceptors (Lipinski definition) is 27. The van der Waals surface area contributed by atoms with Crippen LogP contribution in [0.25, 0.3) is 0 Å². The molecule has 39 heteroatoms. The summed E-state index contributed by atoms with van der Waals surface area (Å²) in [4.78, 5) is 57.2. The highest BCUT2D eigenvalue weighted by molar-refractivity contribution is 5.60. The minimum absolute atomic E-state index is 0.00190. The van der Waals surface area contributed by atoms with Crippen molar-refractivity contribution in [1.82, 2.24) is 45.9 Å². The molecular weight excluding hydrogens is 1410 g/mol. The van der Waals surface area contributed by atoms with Gasteiger partial charge >= 0.3 is 36.1 Å². The van der Waals surface area contributed by atoms with E-state index in [1.807, 2.05) is 13.8 Å². The van der Waals surface area contributed by atoms with Gasteiger partial charge in [-0.05, 0) is 153 Å². The molecule has 3 aromatic heterocycles. The number of rotatable bonds is 33. The summed E-state index contributed by atoms with van der Waals surface area (Å²) in [5.41, 5.74) is 11.4. The first-order valence-electron chi connectivity index (χ1n) is 34.2. The smallest absolute Gasteiger partial charge is 0.405 e. The van der Waals surface area contributed by atoms with Crippen LogP contribution < -0.4 is 68.2 Å². The number of alkyl halides is 9. The van der Waals surface area contributed by atoms with Crippen LogP contribution in [-0.4, -0.2) is 144 Å². The topological polar surface area (TPSA) is 423 Å². The highest BCUT2D eigenvalue weighted by Crippen LogP contribution is 2.36. The molecule has 0 bridgehead atoms. The van der Waals surface area contributed by atoms with Gasteiger partial charge in [0.2, 0.25) is 35.3 Å². The van der Waals surface area contributed by atoms with Gasteiger partial charge in [0.25, 0.3) is 0 Å². The molecule has 0 saturated heterocycles. The standard InChI is InChI=1S/C22H30F3N7O3.2C22H29F3N6O4/c23-22(24,25)35-18-5-2-1-4-15(18)13-29-21-30-17(19(32(33)34)20(27)31-21)12-14-6-8-16(9-7-14)28-11-3-10-26;2*1-14(13-32)29-17-8-6-15(7-9-17)10-26-20-18(31(33)34)12-28-21(30-20)27-11-16-4-2-3-5-19(16)35-22(23,24)25/h1-2,4-5,14,16,28H,3,6-13,26H2,(H3,27,29,30,31);2*2-5,12,14-15,17,29,32H,6-11,13H2,1H3,(H2,26,27,28,30)/t14-,16-;14?,15-,17-;14-,15-,17-/m..0/s1. The molecule has 3 heterocycles. The number of nitro groups is 3. The van der Waals surface area contributed by atoms with Gasteiger partial charge in [0, 0.05) is 79.6 Å². The van der Waals surface area contributed by atoms with Crippen molar-refractivity contribution >= 4 is 52.4 Å². The Kier molecular flexibility index (Phi) is 31.6. The lowest BCUT2D eigenvalue weighted by Crippen LogP contribution is -2.41. The van der Waals surface area contributed by atoms with Crippen LogP contribution >= 0.6 is 0 Å². The van der Waals surface area contributed by atoms with E-state index in [1.54, 1.807) is 18.2 Å². The monoisotopic (exact) mass is 1490 g/mol. The van der Waals surface area contributed by atoms with E-state index >= 15 is 0 Å². The maximum Gasteiger partial charge on any atom is 0.573 e. The number of halogens is 9. The molecule has 2 atom stereocenters. The minimum Gasteiger partial charge on any atom is -0.405 e. The molecule has 0 amide bonds. The average molecular weight is 1490 g/mol. The van der Waals surface area contributed by atoms with Crippen molar-refractivity contribution in [2.45, 2.75) is 173 Å². The van der Waals surface area contributed by atoms with Crippen LogP contribution in [0.1, 0.15) is 120 Å². The number of nitrogen functional groups attached to an aromatic ring is 1.